The quantitative estimate of drug-likeness (QED) is 0.327. The van der Waals surface area contributed by atoms with E-state index in [2.05, 4.69) is 15.8 Å². The highest BCUT2D eigenvalue weighted by Gasteiger charge is 2.53. The second-order valence-corrected chi connectivity index (χ2v) is 8.34. The number of pyridine rings is 1. The molecule has 1 amide bonds. The lowest BCUT2D eigenvalue weighted by molar-refractivity contribution is -0.112. The van der Waals surface area contributed by atoms with Crippen molar-refractivity contribution in [1.29, 1.82) is 0 Å². The zero-order valence-electron chi connectivity index (χ0n) is 18.9. The highest BCUT2D eigenvalue weighted by atomic mass is 16.5. The van der Waals surface area contributed by atoms with Gasteiger partial charge in [-0.1, -0.05) is 0 Å². The van der Waals surface area contributed by atoms with Crippen LogP contribution in [0.25, 0.3) is 0 Å². The van der Waals surface area contributed by atoms with Crippen molar-refractivity contribution < 1.29 is 34.4 Å². The molecule has 0 saturated heterocycles. The number of carbonyl (C=O) groups is 3. The molecule has 0 bridgehead atoms. The van der Waals surface area contributed by atoms with Gasteiger partial charge < -0.3 is 25.5 Å². The largest absolute Gasteiger partial charge is 0.507 e. The zero-order chi connectivity index (χ0) is 24.9. The number of amides is 1. The highest BCUT2D eigenvalue weighted by Crippen LogP contribution is 2.59. The number of phenolic OH excluding ortho intramolecular Hbond substituents is 2. The monoisotopic (exact) mass is 465 g/mol. The lowest BCUT2D eigenvalue weighted by atomic mass is 9.71. The molecule has 10 heteroatoms. The van der Waals surface area contributed by atoms with Crippen LogP contribution in [0.15, 0.2) is 47.6 Å². The van der Waals surface area contributed by atoms with Crippen molar-refractivity contribution >= 4 is 17.5 Å². The third kappa shape index (κ3) is 3.22. The van der Waals surface area contributed by atoms with E-state index in [-0.39, 0.29) is 50.8 Å². The van der Waals surface area contributed by atoms with E-state index < -0.39 is 34.7 Å². The summed E-state index contributed by atoms with van der Waals surface area (Å²) >= 11 is 0. The topological polar surface area (TPSA) is 158 Å². The van der Waals surface area contributed by atoms with Crippen LogP contribution in [-0.4, -0.2) is 43.9 Å². The maximum absolute atomic E-state index is 12.9. The Bertz CT molecular complexity index is 1310. The number of ether oxygens (including phenoxy) is 1. The van der Waals surface area contributed by atoms with Crippen molar-refractivity contribution in [1.82, 2.24) is 15.8 Å². The highest BCUT2D eigenvalue weighted by molar-refractivity contribution is 6.09. The number of fused-ring (bicyclic) bond motifs is 3. The van der Waals surface area contributed by atoms with Gasteiger partial charge in [0.05, 0.1) is 22.8 Å². The van der Waals surface area contributed by atoms with Gasteiger partial charge in [-0.25, -0.2) is 0 Å². The summed E-state index contributed by atoms with van der Waals surface area (Å²) in [5.41, 5.74) is 4.14. The average Bonchev–Trinajstić information content (AvgIpc) is 3.07. The summed E-state index contributed by atoms with van der Waals surface area (Å²) in [6.45, 7) is 5.68. The minimum absolute atomic E-state index is 0.0469. The van der Waals surface area contributed by atoms with Crippen LogP contribution in [0, 0.1) is 6.92 Å². The normalized spacial score (nSPS) is 19.6. The van der Waals surface area contributed by atoms with E-state index in [0.29, 0.717) is 0 Å². The number of aliphatic hydroxyl groups excluding tert-OH is 1. The number of rotatable bonds is 5. The first-order chi connectivity index (χ1) is 16.0. The summed E-state index contributed by atoms with van der Waals surface area (Å²) in [5.74, 6) is -2.45. The first-order valence-electron chi connectivity index (χ1n) is 10.4. The third-order valence-electron chi connectivity index (χ3n) is 6.15. The number of benzene rings is 1. The lowest BCUT2D eigenvalue weighted by Crippen LogP contribution is -2.47. The molecule has 1 aliphatic heterocycles. The minimum atomic E-state index is -1.41. The first-order valence-corrected chi connectivity index (χ1v) is 10.4. The van der Waals surface area contributed by atoms with E-state index in [1.807, 2.05) is 0 Å². The molecular weight excluding hydrogens is 442 g/mol. The fraction of sp³-hybridized carbons (Fsp3) is 0.250. The van der Waals surface area contributed by atoms with Gasteiger partial charge in [-0.3, -0.25) is 24.8 Å². The Balaban J connectivity index is 1.91. The smallest absolute Gasteiger partial charge is 0.269 e. The molecule has 1 aromatic heterocycles. The molecule has 10 nitrogen and oxygen atoms in total. The van der Waals surface area contributed by atoms with Gasteiger partial charge in [0.2, 0.25) is 0 Å². The van der Waals surface area contributed by atoms with Crippen molar-refractivity contribution in [3.8, 4) is 17.2 Å². The Labute approximate surface area is 194 Å². The van der Waals surface area contributed by atoms with Gasteiger partial charge in [-0.05, 0) is 39.8 Å². The van der Waals surface area contributed by atoms with Gasteiger partial charge in [-0.2, -0.15) is 0 Å². The Morgan fingerprint density at radius 3 is 2.41 bits per heavy atom. The van der Waals surface area contributed by atoms with Crippen LogP contribution in [0.3, 0.4) is 0 Å². The van der Waals surface area contributed by atoms with Gasteiger partial charge in [0, 0.05) is 35.2 Å². The number of nitrogens with zero attached hydrogens (tertiary/aromatic N) is 1. The van der Waals surface area contributed by atoms with Gasteiger partial charge in [-0.15, -0.1) is 0 Å². The van der Waals surface area contributed by atoms with Crippen LogP contribution < -0.4 is 15.6 Å². The number of aliphatic hydroxyl groups is 1. The molecule has 4 rings (SSSR count). The predicted octanol–water partition coefficient (Wildman–Crippen LogP) is 1.69. The van der Waals surface area contributed by atoms with Crippen molar-refractivity contribution in [3.05, 3.63) is 69.9 Å². The molecule has 176 valence electrons. The van der Waals surface area contributed by atoms with Crippen molar-refractivity contribution in [2.24, 2.45) is 0 Å². The van der Waals surface area contributed by atoms with Crippen LogP contribution in [0.4, 0.5) is 0 Å². The number of phenols is 2. The summed E-state index contributed by atoms with van der Waals surface area (Å²) in [6, 6.07) is 2.98. The molecule has 34 heavy (non-hydrogen) atoms. The third-order valence-corrected chi connectivity index (χ3v) is 6.15. The minimum Gasteiger partial charge on any atom is -0.507 e. The lowest BCUT2D eigenvalue weighted by Gasteiger charge is -2.34. The molecule has 0 spiro atoms. The molecule has 1 aliphatic carbocycles. The Kier molecular flexibility index (Phi) is 5.41. The standard InChI is InChI=1S/C24H23N3O7/c1-10-19(31)17(12(3)29)21-18(20(10)32)24(4)15(34-21)9-14(30)16(11(2)28)22(24)26-27-23(33)13-5-7-25-8-6-13/h5-9,11,26,28,31-32H,1-4H3,(H,27,33)/t11?,24-/m0/s1. The predicted molar refractivity (Wildman–Crippen MR) is 119 cm³/mol. The second-order valence-electron chi connectivity index (χ2n) is 8.34. The average molecular weight is 465 g/mol. The molecule has 1 unspecified atom stereocenters. The van der Waals surface area contributed by atoms with E-state index in [1.54, 1.807) is 6.92 Å². The number of aromatic hydroxyl groups is 2. The molecule has 1 aromatic carbocycles. The van der Waals surface area contributed by atoms with Gasteiger partial charge >= 0.3 is 0 Å². The van der Waals surface area contributed by atoms with Gasteiger partial charge in [0.1, 0.15) is 28.6 Å². The Hall–Kier alpha value is -4.18. The zero-order valence-corrected chi connectivity index (χ0v) is 18.9. The number of ketones is 2. The van der Waals surface area contributed by atoms with E-state index in [1.165, 1.54) is 45.3 Å². The molecule has 0 radical (unpaired) electrons. The maximum Gasteiger partial charge on any atom is 0.269 e. The van der Waals surface area contributed by atoms with Crippen LogP contribution in [0.2, 0.25) is 0 Å². The van der Waals surface area contributed by atoms with Crippen molar-refractivity contribution in [2.75, 3.05) is 0 Å². The van der Waals surface area contributed by atoms with Crippen LogP contribution >= 0.6 is 0 Å². The molecule has 2 heterocycles. The number of hydrogen-bond donors (Lipinski definition) is 5. The Morgan fingerprint density at radius 1 is 1.18 bits per heavy atom. The SMILES string of the molecule is CC(=O)c1c(O)c(C)c(O)c2c1OC1=CC(=O)C(C(C)O)=C(NNC(=O)c3ccncc3)[C@@]12C. The first kappa shape index (κ1) is 23.0. The number of allylic oxidation sites excluding steroid dienone is 1. The second kappa shape index (κ2) is 7.99. The summed E-state index contributed by atoms with van der Waals surface area (Å²) in [6.07, 6.45) is 2.80. The van der Waals surface area contributed by atoms with E-state index in [9.17, 15) is 29.7 Å². The van der Waals surface area contributed by atoms with Crippen molar-refractivity contribution in [3.63, 3.8) is 0 Å². The molecule has 2 aliphatic rings. The van der Waals surface area contributed by atoms with Gasteiger partial charge in [0.25, 0.3) is 5.91 Å². The van der Waals surface area contributed by atoms with E-state index in [0.717, 1.165) is 6.08 Å². The fourth-order valence-electron chi connectivity index (χ4n) is 4.37. The van der Waals surface area contributed by atoms with Gasteiger partial charge in [0.15, 0.2) is 11.6 Å². The van der Waals surface area contributed by atoms with E-state index >= 15 is 0 Å². The summed E-state index contributed by atoms with van der Waals surface area (Å²) < 4.78 is 5.87. The number of hydrazine groups is 1. The molecule has 2 aromatic rings. The number of aromatic nitrogens is 1. The molecule has 0 fully saturated rings. The van der Waals surface area contributed by atoms with Crippen molar-refractivity contribution in [2.45, 2.75) is 39.2 Å². The number of nitrogens with one attached hydrogen (secondary N) is 2. The van der Waals surface area contributed by atoms with Crippen LogP contribution in [-0.2, 0) is 10.2 Å². The molecular formula is C24H23N3O7. The Morgan fingerprint density at radius 2 is 1.82 bits per heavy atom. The van der Waals surface area contributed by atoms with Crippen LogP contribution in [0.5, 0.6) is 17.2 Å². The van der Waals surface area contributed by atoms with E-state index in [4.69, 9.17) is 4.74 Å². The van der Waals surface area contributed by atoms with Crippen LogP contribution in [0.1, 0.15) is 52.6 Å². The summed E-state index contributed by atoms with van der Waals surface area (Å²) in [5, 5.41) is 31.9. The fourth-order valence-corrected chi connectivity index (χ4v) is 4.37. The number of Topliss-reactive ketones (excluding diaryl/α,β-unsaturated/α-hetero) is 1. The molecule has 5 N–H and O–H groups in total. The maximum atomic E-state index is 12.9. The molecule has 0 saturated carbocycles. The number of hydrogen-bond acceptors (Lipinski definition) is 9. The number of carbonyl (C=O) groups excluding carboxylic acids is 3. The summed E-state index contributed by atoms with van der Waals surface area (Å²) in [7, 11) is 0. The summed E-state index contributed by atoms with van der Waals surface area (Å²) in [4.78, 5) is 41.8. The molecule has 2 atom stereocenters.